The zero-order valence-electron chi connectivity index (χ0n) is 8.11. The molecule has 0 saturated heterocycles. The second-order valence-electron chi connectivity index (χ2n) is 2.34. The highest BCUT2D eigenvalue weighted by atomic mass is 16.5. The Hall–Kier alpha value is -1.10. The van der Waals surface area contributed by atoms with E-state index >= 15 is 0 Å². The number of methoxy groups -OCH3 is 1. The number of hydrogen-bond acceptors (Lipinski definition) is 4. The largest absolute Gasteiger partial charge is 0.481 e. The van der Waals surface area contributed by atoms with E-state index in [0.29, 0.717) is 6.42 Å². The molecule has 0 radical (unpaired) electrons. The van der Waals surface area contributed by atoms with Gasteiger partial charge in [0.2, 0.25) is 0 Å². The molecule has 1 unspecified atom stereocenters. The van der Waals surface area contributed by atoms with Gasteiger partial charge < -0.3 is 14.9 Å². The maximum absolute atomic E-state index is 10.0. The molecular weight excluding hydrogens is 176 g/mol. The van der Waals surface area contributed by atoms with Crippen LogP contribution in [0.2, 0.25) is 0 Å². The van der Waals surface area contributed by atoms with E-state index in [2.05, 4.69) is 4.74 Å². The first-order valence-corrected chi connectivity index (χ1v) is 3.93. The van der Waals surface area contributed by atoms with Gasteiger partial charge >= 0.3 is 11.9 Å². The van der Waals surface area contributed by atoms with Crippen molar-refractivity contribution < 1.29 is 24.5 Å². The highest BCUT2D eigenvalue weighted by Gasteiger charge is 2.05. The molecule has 0 spiro atoms. The minimum Gasteiger partial charge on any atom is -0.481 e. The molecule has 0 amide bonds. The summed E-state index contributed by atoms with van der Waals surface area (Å²) in [5.41, 5.74) is 0. The van der Waals surface area contributed by atoms with Crippen molar-refractivity contribution in [3.05, 3.63) is 0 Å². The van der Waals surface area contributed by atoms with Crippen molar-refractivity contribution in [3.8, 4) is 0 Å². The number of ether oxygens (including phenoxy) is 1. The molecule has 2 N–H and O–H groups in total. The van der Waals surface area contributed by atoms with E-state index in [1.165, 1.54) is 14.0 Å². The Labute approximate surface area is 77.3 Å². The topological polar surface area (TPSA) is 83.8 Å². The zero-order chi connectivity index (χ0) is 10.9. The van der Waals surface area contributed by atoms with Gasteiger partial charge in [0.15, 0.2) is 0 Å². The standard InChI is InChI=1S/C4H8O3.C4H8O2/c1-3(5)4(6)7-2;1-2-3-4(5)6/h3,5H,1-2H3;2-3H2,1H3,(H,5,6). The zero-order valence-corrected chi connectivity index (χ0v) is 8.11. The Bertz CT molecular complexity index is 153. The van der Waals surface area contributed by atoms with E-state index in [-0.39, 0.29) is 0 Å². The van der Waals surface area contributed by atoms with Gasteiger partial charge in [0, 0.05) is 6.42 Å². The van der Waals surface area contributed by atoms with Gasteiger partial charge in [-0.3, -0.25) is 4.79 Å². The Morgan fingerprint density at radius 1 is 1.46 bits per heavy atom. The highest BCUT2D eigenvalue weighted by molar-refractivity contribution is 5.73. The predicted octanol–water partition coefficient (Wildman–Crippen LogP) is 0.411. The van der Waals surface area contributed by atoms with Gasteiger partial charge in [0.25, 0.3) is 0 Å². The van der Waals surface area contributed by atoms with Crippen LogP contribution < -0.4 is 0 Å². The molecule has 0 aliphatic rings. The van der Waals surface area contributed by atoms with Crippen LogP contribution in [0, 0.1) is 0 Å². The fourth-order valence-electron chi connectivity index (χ4n) is 0.384. The average molecular weight is 192 g/mol. The molecule has 0 aromatic heterocycles. The molecule has 13 heavy (non-hydrogen) atoms. The minimum absolute atomic E-state index is 0.292. The van der Waals surface area contributed by atoms with Crippen LogP contribution in [0.3, 0.4) is 0 Å². The lowest BCUT2D eigenvalue weighted by atomic mass is 10.4. The monoisotopic (exact) mass is 192 g/mol. The molecule has 0 saturated carbocycles. The van der Waals surface area contributed by atoms with Gasteiger partial charge in [0.05, 0.1) is 7.11 Å². The summed E-state index contributed by atoms with van der Waals surface area (Å²) >= 11 is 0. The number of carboxylic acid groups (broad SMARTS) is 1. The van der Waals surface area contributed by atoms with Crippen molar-refractivity contribution in [1.82, 2.24) is 0 Å². The van der Waals surface area contributed by atoms with Gasteiger partial charge in [-0.15, -0.1) is 0 Å². The first-order chi connectivity index (χ1) is 5.95. The number of rotatable bonds is 3. The van der Waals surface area contributed by atoms with Crippen LogP contribution in [0.5, 0.6) is 0 Å². The van der Waals surface area contributed by atoms with E-state index < -0.39 is 18.0 Å². The van der Waals surface area contributed by atoms with E-state index in [4.69, 9.17) is 10.2 Å². The van der Waals surface area contributed by atoms with Crippen molar-refractivity contribution in [1.29, 1.82) is 0 Å². The van der Waals surface area contributed by atoms with Crippen LogP contribution in [0.15, 0.2) is 0 Å². The summed E-state index contributed by atoms with van der Waals surface area (Å²) in [5, 5.41) is 16.3. The van der Waals surface area contributed by atoms with E-state index in [1.54, 1.807) is 0 Å². The number of carbonyl (C=O) groups is 2. The second kappa shape index (κ2) is 8.99. The van der Waals surface area contributed by atoms with E-state index in [1.807, 2.05) is 6.92 Å². The third-order valence-corrected chi connectivity index (χ3v) is 1.01. The third-order valence-electron chi connectivity index (χ3n) is 1.01. The maximum atomic E-state index is 10.0. The summed E-state index contributed by atoms with van der Waals surface area (Å²) < 4.78 is 4.12. The Morgan fingerprint density at radius 3 is 1.92 bits per heavy atom. The lowest BCUT2D eigenvalue weighted by molar-refractivity contribution is -0.149. The molecule has 0 heterocycles. The number of carbonyl (C=O) groups excluding carboxylic acids is 1. The molecule has 1 atom stereocenters. The summed E-state index contributed by atoms with van der Waals surface area (Å²) in [6, 6.07) is 0. The van der Waals surface area contributed by atoms with E-state index in [0.717, 1.165) is 6.42 Å². The number of hydrogen-bond donors (Lipinski definition) is 2. The van der Waals surface area contributed by atoms with E-state index in [9.17, 15) is 9.59 Å². The van der Waals surface area contributed by atoms with Crippen LogP contribution in [-0.4, -0.2) is 35.4 Å². The average Bonchev–Trinajstić information content (AvgIpc) is 2.03. The molecule has 78 valence electrons. The van der Waals surface area contributed by atoms with Crippen LogP contribution in [0.25, 0.3) is 0 Å². The summed E-state index contributed by atoms with van der Waals surface area (Å²) in [6.07, 6.45) is 0.0278. The quantitative estimate of drug-likeness (QED) is 0.633. The van der Waals surface area contributed by atoms with Gasteiger partial charge in [-0.2, -0.15) is 0 Å². The number of aliphatic hydroxyl groups excluding tert-OH is 1. The van der Waals surface area contributed by atoms with Gasteiger partial charge in [0.1, 0.15) is 6.10 Å². The SMILES string of the molecule is CCCC(=O)O.COC(=O)C(C)O. The summed E-state index contributed by atoms with van der Waals surface area (Å²) in [4.78, 5) is 19.6. The van der Waals surface area contributed by atoms with Gasteiger partial charge in [-0.05, 0) is 13.3 Å². The molecule has 0 aromatic rings. The van der Waals surface area contributed by atoms with Crippen molar-refractivity contribution in [2.45, 2.75) is 32.8 Å². The third kappa shape index (κ3) is 13.8. The van der Waals surface area contributed by atoms with Crippen LogP contribution >= 0.6 is 0 Å². The van der Waals surface area contributed by atoms with Crippen LogP contribution in [-0.2, 0) is 14.3 Å². The van der Waals surface area contributed by atoms with Crippen molar-refractivity contribution in [2.24, 2.45) is 0 Å². The first kappa shape index (κ1) is 14.4. The molecule has 0 fully saturated rings. The molecule has 0 rings (SSSR count). The summed E-state index contributed by atoms with van der Waals surface area (Å²) in [5.74, 6) is -1.31. The van der Waals surface area contributed by atoms with Crippen LogP contribution in [0.1, 0.15) is 26.7 Å². The molecule has 5 heteroatoms. The molecular formula is C8H16O5. The molecule has 5 nitrogen and oxygen atoms in total. The normalized spacial score (nSPS) is 10.8. The molecule has 0 aliphatic heterocycles. The maximum Gasteiger partial charge on any atom is 0.334 e. The molecule has 0 aromatic carbocycles. The highest BCUT2D eigenvalue weighted by Crippen LogP contribution is 1.82. The summed E-state index contributed by atoms with van der Waals surface area (Å²) in [6.45, 7) is 3.19. The van der Waals surface area contributed by atoms with Gasteiger partial charge in [-0.25, -0.2) is 4.79 Å². The fraction of sp³-hybridized carbons (Fsp3) is 0.750. The Morgan fingerprint density at radius 2 is 1.92 bits per heavy atom. The predicted molar refractivity (Wildman–Crippen MR) is 46.2 cm³/mol. The van der Waals surface area contributed by atoms with Crippen molar-refractivity contribution in [2.75, 3.05) is 7.11 Å². The fourth-order valence-corrected chi connectivity index (χ4v) is 0.384. The molecule has 0 aliphatic carbocycles. The number of esters is 1. The number of aliphatic hydroxyl groups is 1. The number of carboxylic acids is 1. The Kier molecular flexibility index (Phi) is 9.98. The van der Waals surface area contributed by atoms with Gasteiger partial charge in [-0.1, -0.05) is 6.92 Å². The lowest BCUT2D eigenvalue weighted by Gasteiger charge is -1.97. The summed E-state index contributed by atoms with van der Waals surface area (Å²) in [7, 11) is 1.23. The lowest BCUT2D eigenvalue weighted by Crippen LogP contribution is -2.16. The second-order valence-corrected chi connectivity index (χ2v) is 2.34. The van der Waals surface area contributed by atoms with Crippen molar-refractivity contribution >= 4 is 11.9 Å². The molecule has 0 bridgehead atoms. The smallest absolute Gasteiger partial charge is 0.334 e. The van der Waals surface area contributed by atoms with Crippen molar-refractivity contribution in [3.63, 3.8) is 0 Å². The van der Waals surface area contributed by atoms with Crippen LogP contribution in [0.4, 0.5) is 0 Å². The first-order valence-electron chi connectivity index (χ1n) is 3.93. The minimum atomic E-state index is -0.995. The number of aliphatic carboxylic acids is 1. The Balaban J connectivity index is 0.